The molecule has 0 aromatic rings. The van der Waals surface area contributed by atoms with Gasteiger partial charge in [-0.15, -0.1) is 0 Å². The Labute approximate surface area is 63.6 Å². The van der Waals surface area contributed by atoms with E-state index in [1.54, 1.807) is 0 Å². The minimum atomic E-state index is -4.15. The van der Waals surface area contributed by atoms with E-state index in [9.17, 15) is 18.0 Å². The van der Waals surface area contributed by atoms with Gasteiger partial charge in [0.15, 0.2) is 0 Å². The van der Waals surface area contributed by atoms with Crippen molar-refractivity contribution in [3.8, 4) is 0 Å². The second kappa shape index (κ2) is 3.24. The third-order valence-corrected chi connectivity index (χ3v) is 1.37. The lowest BCUT2D eigenvalue weighted by Crippen LogP contribution is -2.18. The van der Waals surface area contributed by atoms with Crippen LogP contribution in [-0.4, -0.2) is 12.5 Å². The molecule has 0 atom stereocenters. The third-order valence-electron chi connectivity index (χ3n) is 1.37. The summed E-state index contributed by atoms with van der Waals surface area (Å²) in [4.78, 5) is 10.2. The monoisotopic (exact) mass is 168 g/mol. The molecule has 0 unspecified atom stereocenters. The van der Waals surface area contributed by atoms with Crippen LogP contribution in [0.5, 0.6) is 0 Å². The van der Waals surface area contributed by atoms with E-state index in [0.29, 0.717) is 6.29 Å². The van der Waals surface area contributed by atoms with Gasteiger partial charge in [0.05, 0.1) is 0 Å². The average molecular weight is 168 g/mol. The van der Waals surface area contributed by atoms with Crippen LogP contribution in [0.4, 0.5) is 13.2 Å². The molecule has 0 bridgehead atoms. The molecule has 11 heavy (non-hydrogen) atoms. The van der Waals surface area contributed by atoms with Gasteiger partial charge in [-0.05, 0) is 6.42 Å². The summed E-state index contributed by atoms with van der Waals surface area (Å²) in [5.74, 6) is 0. The molecular formula is C7H11F3O. The van der Waals surface area contributed by atoms with Crippen LogP contribution < -0.4 is 0 Å². The van der Waals surface area contributed by atoms with Gasteiger partial charge in [0.1, 0.15) is 6.29 Å². The van der Waals surface area contributed by atoms with Crippen molar-refractivity contribution in [2.24, 2.45) is 5.41 Å². The maximum absolute atomic E-state index is 11.6. The fraction of sp³-hybridized carbons (Fsp3) is 0.857. The minimum absolute atomic E-state index is 0.139. The molecule has 0 N–H and O–H groups in total. The molecule has 0 fully saturated rings. The van der Waals surface area contributed by atoms with E-state index in [1.807, 2.05) is 0 Å². The van der Waals surface area contributed by atoms with Gasteiger partial charge in [0, 0.05) is 11.8 Å². The highest BCUT2D eigenvalue weighted by atomic mass is 19.4. The first-order valence-corrected chi connectivity index (χ1v) is 3.30. The van der Waals surface area contributed by atoms with Crippen LogP contribution in [0.3, 0.4) is 0 Å². The quantitative estimate of drug-likeness (QED) is 0.592. The van der Waals surface area contributed by atoms with E-state index in [0.717, 1.165) is 0 Å². The van der Waals surface area contributed by atoms with Gasteiger partial charge in [-0.2, -0.15) is 13.2 Å². The Kier molecular flexibility index (Phi) is 3.08. The molecule has 0 saturated heterocycles. The number of alkyl halides is 3. The van der Waals surface area contributed by atoms with E-state index < -0.39 is 18.0 Å². The number of aldehydes is 1. The first-order chi connectivity index (χ1) is 4.77. The highest BCUT2D eigenvalue weighted by Crippen LogP contribution is 2.28. The van der Waals surface area contributed by atoms with Gasteiger partial charge < -0.3 is 4.79 Å². The highest BCUT2D eigenvalue weighted by molar-refractivity contribution is 5.57. The predicted octanol–water partition coefficient (Wildman–Crippen LogP) is 2.55. The molecule has 0 spiro atoms. The predicted molar refractivity (Wildman–Crippen MR) is 35.1 cm³/mol. The molecule has 4 heteroatoms. The molecule has 0 aliphatic rings. The summed E-state index contributed by atoms with van der Waals surface area (Å²) in [6, 6.07) is 0. The van der Waals surface area contributed by atoms with Crippen molar-refractivity contribution in [3.05, 3.63) is 0 Å². The normalized spacial score (nSPS) is 13.2. The first kappa shape index (κ1) is 10.5. The van der Waals surface area contributed by atoms with E-state index in [2.05, 4.69) is 0 Å². The molecule has 0 rings (SSSR count). The van der Waals surface area contributed by atoms with Gasteiger partial charge in [-0.3, -0.25) is 0 Å². The summed E-state index contributed by atoms with van der Waals surface area (Å²) in [5.41, 5.74) is -0.852. The van der Waals surface area contributed by atoms with Crippen molar-refractivity contribution < 1.29 is 18.0 Å². The van der Waals surface area contributed by atoms with E-state index in [1.165, 1.54) is 13.8 Å². The van der Waals surface area contributed by atoms with Crippen molar-refractivity contribution in [2.45, 2.75) is 32.9 Å². The van der Waals surface area contributed by atoms with Crippen molar-refractivity contribution in [2.75, 3.05) is 0 Å². The largest absolute Gasteiger partial charge is 0.389 e. The molecule has 0 amide bonds. The van der Waals surface area contributed by atoms with Gasteiger partial charge >= 0.3 is 6.18 Å². The Bertz CT molecular complexity index is 137. The molecule has 0 aliphatic carbocycles. The van der Waals surface area contributed by atoms with E-state index in [4.69, 9.17) is 0 Å². The maximum atomic E-state index is 11.6. The second-order valence-electron chi connectivity index (χ2n) is 3.22. The SMILES string of the molecule is CC(C)(C=O)CCC(F)(F)F. The molecular weight excluding hydrogens is 157 g/mol. The zero-order valence-corrected chi connectivity index (χ0v) is 6.53. The van der Waals surface area contributed by atoms with Gasteiger partial charge in [0.2, 0.25) is 0 Å². The molecule has 66 valence electrons. The summed E-state index contributed by atoms with van der Waals surface area (Å²) in [7, 11) is 0. The summed E-state index contributed by atoms with van der Waals surface area (Å²) in [6.07, 6.45) is -4.63. The zero-order chi connectivity index (χ0) is 9.12. The summed E-state index contributed by atoms with van der Waals surface area (Å²) < 4.78 is 34.8. The standard InChI is InChI=1S/C7H11F3O/c1-6(2,5-11)3-4-7(8,9)10/h5H,3-4H2,1-2H3. The lowest BCUT2D eigenvalue weighted by Gasteiger charge is -2.17. The maximum Gasteiger partial charge on any atom is 0.389 e. The highest BCUT2D eigenvalue weighted by Gasteiger charge is 2.30. The van der Waals surface area contributed by atoms with Gasteiger partial charge in [-0.25, -0.2) is 0 Å². The van der Waals surface area contributed by atoms with Crippen LogP contribution in [0, 0.1) is 5.41 Å². The molecule has 1 nitrogen and oxygen atoms in total. The molecule has 0 radical (unpaired) electrons. The number of hydrogen-bond acceptors (Lipinski definition) is 1. The number of carbonyl (C=O) groups is 1. The number of hydrogen-bond donors (Lipinski definition) is 0. The lowest BCUT2D eigenvalue weighted by atomic mass is 9.90. The van der Waals surface area contributed by atoms with Crippen LogP contribution in [0.1, 0.15) is 26.7 Å². The fourth-order valence-electron chi connectivity index (χ4n) is 0.523. The molecule has 0 aromatic heterocycles. The average Bonchev–Trinajstić information content (AvgIpc) is 1.83. The van der Waals surface area contributed by atoms with E-state index in [-0.39, 0.29) is 6.42 Å². The minimum Gasteiger partial charge on any atom is -0.303 e. The van der Waals surface area contributed by atoms with E-state index >= 15 is 0 Å². The topological polar surface area (TPSA) is 17.1 Å². The zero-order valence-electron chi connectivity index (χ0n) is 6.53. The Morgan fingerprint density at radius 1 is 1.18 bits per heavy atom. The van der Waals surface area contributed by atoms with Gasteiger partial charge in [-0.1, -0.05) is 13.8 Å². The molecule has 0 aliphatic heterocycles. The van der Waals surface area contributed by atoms with Crippen LogP contribution >= 0.6 is 0 Å². The van der Waals surface area contributed by atoms with Crippen LogP contribution in [0.25, 0.3) is 0 Å². The number of halogens is 3. The Hall–Kier alpha value is -0.540. The molecule has 0 aromatic carbocycles. The van der Waals surface area contributed by atoms with Crippen molar-refractivity contribution in [1.29, 1.82) is 0 Å². The van der Waals surface area contributed by atoms with Gasteiger partial charge in [0.25, 0.3) is 0 Å². The fourth-order valence-corrected chi connectivity index (χ4v) is 0.523. The smallest absolute Gasteiger partial charge is 0.303 e. The second-order valence-corrected chi connectivity index (χ2v) is 3.22. The lowest BCUT2D eigenvalue weighted by molar-refractivity contribution is -0.141. The summed E-state index contributed by atoms with van der Waals surface area (Å²) in [5, 5.41) is 0. The molecule has 0 saturated carbocycles. The first-order valence-electron chi connectivity index (χ1n) is 3.30. The van der Waals surface area contributed by atoms with Crippen LogP contribution in [0.2, 0.25) is 0 Å². The third kappa shape index (κ3) is 5.88. The van der Waals surface area contributed by atoms with Crippen molar-refractivity contribution >= 4 is 6.29 Å². The Morgan fingerprint density at radius 2 is 1.64 bits per heavy atom. The van der Waals surface area contributed by atoms with Crippen molar-refractivity contribution in [1.82, 2.24) is 0 Å². The van der Waals surface area contributed by atoms with Crippen LogP contribution in [0.15, 0.2) is 0 Å². The number of rotatable bonds is 3. The molecule has 0 heterocycles. The Balaban J connectivity index is 3.79. The number of carbonyl (C=O) groups excluding carboxylic acids is 1. The summed E-state index contributed by atoms with van der Waals surface area (Å²) >= 11 is 0. The Morgan fingerprint density at radius 3 is 1.91 bits per heavy atom. The van der Waals surface area contributed by atoms with Crippen LogP contribution in [-0.2, 0) is 4.79 Å². The van der Waals surface area contributed by atoms with Crippen molar-refractivity contribution in [3.63, 3.8) is 0 Å². The summed E-state index contributed by atoms with van der Waals surface area (Å²) in [6.45, 7) is 2.98.